The first-order valence-corrected chi connectivity index (χ1v) is 9.49. The molecule has 0 fully saturated rings. The Labute approximate surface area is 164 Å². The van der Waals surface area contributed by atoms with E-state index in [1.54, 1.807) is 30.5 Å². The second-order valence-electron chi connectivity index (χ2n) is 6.98. The van der Waals surface area contributed by atoms with Crippen molar-refractivity contribution in [2.24, 2.45) is 0 Å². The maximum atomic E-state index is 13.0. The second-order valence-corrected chi connectivity index (χ2v) is 6.98. The fourth-order valence-electron chi connectivity index (χ4n) is 3.50. The number of carbonyl (C=O) groups is 1. The van der Waals surface area contributed by atoms with Crippen molar-refractivity contribution in [2.45, 2.75) is 19.4 Å². The van der Waals surface area contributed by atoms with Gasteiger partial charge in [-0.1, -0.05) is 36.4 Å². The third kappa shape index (κ3) is 4.19. The van der Waals surface area contributed by atoms with E-state index in [0.29, 0.717) is 24.5 Å². The zero-order chi connectivity index (χ0) is 19.3. The van der Waals surface area contributed by atoms with Gasteiger partial charge >= 0.3 is 0 Å². The predicted molar refractivity (Wildman–Crippen MR) is 108 cm³/mol. The summed E-state index contributed by atoms with van der Waals surface area (Å²) in [4.78, 5) is 19.1. The van der Waals surface area contributed by atoms with Gasteiger partial charge in [0.25, 0.3) is 5.91 Å². The van der Waals surface area contributed by atoms with Crippen LogP contribution in [0.3, 0.4) is 0 Å². The lowest BCUT2D eigenvalue weighted by atomic mass is 9.99. The molecular formula is C23H22FN3O. The molecule has 0 unspecified atom stereocenters. The zero-order valence-electron chi connectivity index (χ0n) is 15.6. The average Bonchev–Trinajstić information content (AvgIpc) is 2.74. The molecule has 2 aromatic carbocycles. The van der Waals surface area contributed by atoms with Crippen molar-refractivity contribution in [1.29, 1.82) is 0 Å². The van der Waals surface area contributed by atoms with Crippen LogP contribution in [-0.4, -0.2) is 28.9 Å². The first kappa shape index (κ1) is 18.2. The number of hydrogen-bond acceptors (Lipinski definition) is 3. The van der Waals surface area contributed by atoms with E-state index in [4.69, 9.17) is 0 Å². The number of pyridine rings is 1. The van der Waals surface area contributed by atoms with Gasteiger partial charge in [-0.25, -0.2) is 9.37 Å². The van der Waals surface area contributed by atoms with E-state index in [9.17, 15) is 9.18 Å². The molecule has 1 N–H and O–H groups in total. The monoisotopic (exact) mass is 375 g/mol. The van der Waals surface area contributed by atoms with Crippen molar-refractivity contribution < 1.29 is 9.18 Å². The summed E-state index contributed by atoms with van der Waals surface area (Å²) in [5, 5.41) is 3.25. The van der Waals surface area contributed by atoms with E-state index >= 15 is 0 Å². The van der Waals surface area contributed by atoms with E-state index in [-0.39, 0.29) is 11.7 Å². The topological polar surface area (TPSA) is 45.2 Å². The molecule has 3 aromatic rings. The van der Waals surface area contributed by atoms with Gasteiger partial charge in [0.05, 0.1) is 0 Å². The highest BCUT2D eigenvalue weighted by atomic mass is 19.1. The summed E-state index contributed by atoms with van der Waals surface area (Å²) in [5.74, 6) is 0.466. The minimum Gasteiger partial charge on any atom is -0.370 e. The quantitative estimate of drug-likeness (QED) is 0.731. The van der Waals surface area contributed by atoms with E-state index in [0.717, 1.165) is 24.9 Å². The number of nitrogens with one attached hydrogen (secondary N) is 1. The van der Waals surface area contributed by atoms with Crippen LogP contribution >= 0.6 is 0 Å². The molecule has 0 radical (unpaired) electrons. The number of anilines is 1. The summed E-state index contributed by atoms with van der Waals surface area (Å²) in [6, 6.07) is 18.3. The second kappa shape index (κ2) is 8.21. The SMILES string of the molecule is O=C(c1ccnc(NCCc2ccc(F)cc2)c1)N1CCc2ccccc2C1. The number of carbonyl (C=O) groups excluding carboxylic acids is 1. The molecule has 1 aliphatic heterocycles. The van der Waals surface area contributed by atoms with Gasteiger partial charge in [0.2, 0.25) is 0 Å². The van der Waals surface area contributed by atoms with Crippen molar-refractivity contribution >= 4 is 11.7 Å². The number of aromatic nitrogens is 1. The van der Waals surface area contributed by atoms with Crippen LogP contribution in [0.4, 0.5) is 10.2 Å². The van der Waals surface area contributed by atoms with Crippen LogP contribution in [0.5, 0.6) is 0 Å². The highest BCUT2D eigenvalue weighted by Crippen LogP contribution is 2.21. The van der Waals surface area contributed by atoms with Crippen LogP contribution in [0.2, 0.25) is 0 Å². The average molecular weight is 375 g/mol. The van der Waals surface area contributed by atoms with Crippen molar-refractivity contribution in [2.75, 3.05) is 18.4 Å². The van der Waals surface area contributed by atoms with Crippen LogP contribution < -0.4 is 5.32 Å². The molecule has 1 amide bonds. The summed E-state index contributed by atoms with van der Waals surface area (Å²) in [5.41, 5.74) is 4.23. The molecule has 0 spiro atoms. The van der Waals surface area contributed by atoms with Gasteiger partial charge in [-0.3, -0.25) is 4.79 Å². The molecule has 4 rings (SSSR count). The van der Waals surface area contributed by atoms with Gasteiger partial charge in [0.1, 0.15) is 11.6 Å². The third-order valence-electron chi connectivity index (χ3n) is 5.06. The van der Waals surface area contributed by atoms with E-state index in [1.165, 1.54) is 23.3 Å². The Hall–Kier alpha value is -3.21. The van der Waals surface area contributed by atoms with Crippen molar-refractivity contribution in [3.8, 4) is 0 Å². The molecule has 0 bridgehead atoms. The summed E-state index contributed by atoms with van der Waals surface area (Å²) in [6.07, 6.45) is 3.30. The minimum absolute atomic E-state index is 0.0264. The largest absolute Gasteiger partial charge is 0.370 e. The number of benzene rings is 2. The summed E-state index contributed by atoms with van der Waals surface area (Å²) in [6.45, 7) is 2.03. The molecule has 0 atom stereocenters. The molecule has 5 heteroatoms. The first-order valence-electron chi connectivity index (χ1n) is 9.49. The number of nitrogens with zero attached hydrogens (tertiary/aromatic N) is 2. The number of hydrogen-bond donors (Lipinski definition) is 1. The Kier molecular flexibility index (Phi) is 5.33. The lowest BCUT2D eigenvalue weighted by molar-refractivity contribution is 0.0734. The van der Waals surface area contributed by atoms with Crippen LogP contribution in [0, 0.1) is 5.82 Å². The Morgan fingerprint density at radius 2 is 1.86 bits per heavy atom. The van der Waals surface area contributed by atoms with Gasteiger partial charge in [-0.15, -0.1) is 0 Å². The summed E-state index contributed by atoms with van der Waals surface area (Å²) < 4.78 is 13.0. The van der Waals surface area contributed by atoms with Crippen LogP contribution in [0.15, 0.2) is 66.9 Å². The van der Waals surface area contributed by atoms with E-state index in [2.05, 4.69) is 22.4 Å². The van der Waals surface area contributed by atoms with Crippen molar-refractivity contribution in [3.63, 3.8) is 0 Å². The normalized spacial score (nSPS) is 13.1. The van der Waals surface area contributed by atoms with Crippen molar-refractivity contribution in [3.05, 3.63) is 94.9 Å². The Morgan fingerprint density at radius 3 is 2.68 bits per heavy atom. The van der Waals surface area contributed by atoms with Gasteiger partial charge in [0.15, 0.2) is 0 Å². The Bertz CT molecular complexity index is 972. The first-order chi connectivity index (χ1) is 13.7. The third-order valence-corrected chi connectivity index (χ3v) is 5.06. The molecule has 1 aromatic heterocycles. The molecule has 0 saturated heterocycles. The number of fused-ring (bicyclic) bond motifs is 1. The van der Waals surface area contributed by atoms with Gasteiger partial charge in [-0.05, 0) is 53.8 Å². The number of halogens is 1. The van der Waals surface area contributed by atoms with Crippen LogP contribution in [-0.2, 0) is 19.4 Å². The zero-order valence-corrected chi connectivity index (χ0v) is 15.6. The molecule has 0 aliphatic carbocycles. The molecule has 2 heterocycles. The predicted octanol–water partition coefficient (Wildman–Crippen LogP) is 4.07. The fraction of sp³-hybridized carbons (Fsp3) is 0.217. The molecule has 142 valence electrons. The van der Waals surface area contributed by atoms with Gasteiger partial charge < -0.3 is 10.2 Å². The van der Waals surface area contributed by atoms with Crippen LogP contribution in [0.1, 0.15) is 27.0 Å². The standard InChI is InChI=1S/C23H22FN3O/c24-21-7-5-17(6-8-21)9-12-25-22-15-19(10-13-26-22)23(28)27-14-11-18-3-1-2-4-20(18)16-27/h1-8,10,13,15H,9,11-12,14,16H2,(H,25,26). The maximum Gasteiger partial charge on any atom is 0.254 e. The number of amides is 1. The maximum absolute atomic E-state index is 13.0. The van der Waals surface area contributed by atoms with E-state index in [1.807, 2.05) is 17.0 Å². The summed E-state index contributed by atoms with van der Waals surface area (Å²) >= 11 is 0. The smallest absolute Gasteiger partial charge is 0.254 e. The Morgan fingerprint density at radius 1 is 1.07 bits per heavy atom. The lowest BCUT2D eigenvalue weighted by Crippen LogP contribution is -2.36. The summed E-state index contributed by atoms with van der Waals surface area (Å²) in [7, 11) is 0. The molecule has 1 aliphatic rings. The molecule has 4 nitrogen and oxygen atoms in total. The highest BCUT2D eigenvalue weighted by Gasteiger charge is 2.21. The molecular weight excluding hydrogens is 353 g/mol. The van der Waals surface area contributed by atoms with E-state index < -0.39 is 0 Å². The van der Waals surface area contributed by atoms with Crippen molar-refractivity contribution in [1.82, 2.24) is 9.88 Å². The van der Waals surface area contributed by atoms with Crippen LogP contribution in [0.25, 0.3) is 0 Å². The lowest BCUT2D eigenvalue weighted by Gasteiger charge is -2.29. The minimum atomic E-state index is -0.232. The van der Waals surface area contributed by atoms with Gasteiger partial charge in [-0.2, -0.15) is 0 Å². The number of rotatable bonds is 5. The van der Waals surface area contributed by atoms with Gasteiger partial charge in [0, 0.05) is 31.4 Å². The molecule has 0 saturated carbocycles. The Balaban J connectivity index is 1.38. The fourth-order valence-corrected chi connectivity index (χ4v) is 3.50. The highest BCUT2D eigenvalue weighted by molar-refractivity contribution is 5.95. The molecule has 28 heavy (non-hydrogen) atoms.